The van der Waals surface area contributed by atoms with E-state index in [1.807, 2.05) is 6.92 Å². The van der Waals surface area contributed by atoms with E-state index in [1.165, 1.54) is 7.11 Å². The zero-order valence-electron chi connectivity index (χ0n) is 7.72. The second kappa shape index (κ2) is 2.88. The van der Waals surface area contributed by atoms with Crippen LogP contribution in [0.3, 0.4) is 0 Å². The van der Waals surface area contributed by atoms with E-state index in [-0.39, 0.29) is 11.7 Å². The summed E-state index contributed by atoms with van der Waals surface area (Å²) in [5.41, 5.74) is -0.880. The zero-order chi connectivity index (χ0) is 9.35. The summed E-state index contributed by atoms with van der Waals surface area (Å²) in [6, 6.07) is 0. The Labute approximate surface area is 72.1 Å². The highest BCUT2D eigenvalue weighted by molar-refractivity contribution is 6.05. The summed E-state index contributed by atoms with van der Waals surface area (Å²) in [5.74, 6) is -0.267. The highest BCUT2D eigenvalue weighted by atomic mass is 16.5. The molecule has 0 amide bonds. The molecule has 0 N–H and O–H groups in total. The molecule has 0 aromatic heterocycles. The lowest BCUT2D eigenvalue weighted by molar-refractivity contribution is -0.157. The number of hydrogen-bond acceptors (Lipinski definition) is 3. The molecule has 0 bridgehead atoms. The lowest BCUT2D eigenvalue weighted by Crippen LogP contribution is -2.37. The summed E-state index contributed by atoms with van der Waals surface area (Å²) in [4.78, 5) is 22.7. The van der Waals surface area contributed by atoms with E-state index in [0.717, 1.165) is 6.42 Å². The normalized spacial score (nSPS) is 35.2. The first kappa shape index (κ1) is 9.23. The number of ketones is 1. The Bertz CT molecular complexity index is 222. The third kappa shape index (κ3) is 1.04. The van der Waals surface area contributed by atoms with Gasteiger partial charge >= 0.3 is 5.97 Å². The van der Waals surface area contributed by atoms with Gasteiger partial charge < -0.3 is 4.74 Å². The molecule has 0 aromatic rings. The largest absolute Gasteiger partial charge is 0.468 e. The molecule has 0 unspecified atom stereocenters. The second-order valence-electron chi connectivity index (χ2n) is 3.56. The van der Waals surface area contributed by atoms with Gasteiger partial charge in [-0.3, -0.25) is 9.59 Å². The molecule has 0 aliphatic heterocycles. The van der Waals surface area contributed by atoms with Crippen molar-refractivity contribution in [1.29, 1.82) is 0 Å². The lowest BCUT2D eigenvalue weighted by Gasteiger charge is -2.23. The van der Waals surface area contributed by atoms with Crippen LogP contribution >= 0.6 is 0 Å². The molecule has 0 heterocycles. The van der Waals surface area contributed by atoms with Crippen LogP contribution in [0.15, 0.2) is 0 Å². The maximum atomic E-state index is 11.4. The first-order valence-electron chi connectivity index (χ1n) is 4.15. The molecule has 1 aliphatic carbocycles. The Morgan fingerprint density at radius 1 is 1.67 bits per heavy atom. The van der Waals surface area contributed by atoms with Crippen molar-refractivity contribution in [3.63, 3.8) is 0 Å². The van der Waals surface area contributed by atoms with Gasteiger partial charge in [0.1, 0.15) is 11.2 Å². The fourth-order valence-corrected chi connectivity index (χ4v) is 1.70. The van der Waals surface area contributed by atoms with E-state index in [4.69, 9.17) is 0 Å². The molecule has 0 saturated heterocycles. The van der Waals surface area contributed by atoms with E-state index in [0.29, 0.717) is 6.42 Å². The van der Waals surface area contributed by atoms with E-state index in [2.05, 4.69) is 4.74 Å². The van der Waals surface area contributed by atoms with E-state index >= 15 is 0 Å². The topological polar surface area (TPSA) is 43.4 Å². The quantitative estimate of drug-likeness (QED) is 0.438. The summed E-state index contributed by atoms with van der Waals surface area (Å²) < 4.78 is 4.62. The molecular weight excluding hydrogens is 156 g/mol. The summed E-state index contributed by atoms with van der Waals surface area (Å²) in [5, 5.41) is 0. The number of rotatable bonds is 1. The van der Waals surface area contributed by atoms with Gasteiger partial charge in [0.05, 0.1) is 7.11 Å². The third-order valence-corrected chi connectivity index (χ3v) is 2.98. The minimum atomic E-state index is -0.880. The van der Waals surface area contributed by atoms with Gasteiger partial charge in [-0.15, -0.1) is 0 Å². The SMILES string of the molecule is COC(=O)[C@@]1(C)C(=O)CC[C@@H]1C. The summed E-state index contributed by atoms with van der Waals surface area (Å²) >= 11 is 0. The molecule has 1 saturated carbocycles. The molecule has 3 heteroatoms. The smallest absolute Gasteiger partial charge is 0.319 e. The molecule has 68 valence electrons. The Balaban J connectivity index is 2.94. The molecule has 1 fully saturated rings. The van der Waals surface area contributed by atoms with E-state index < -0.39 is 11.4 Å². The maximum Gasteiger partial charge on any atom is 0.319 e. The lowest BCUT2D eigenvalue weighted by atomic mass is 9.80. The molecule has 2 atom stereocenters. The number of esters is 1. The molecule has 3 nitrogen and oxygen atoms in total. The van der Waals surface area contributed by atoms with Gasteiger partial charge in [-0.2, -0.15) is 0 Å². The predicted octanol–water partition coefficient (Wildman–Crippen LogP) is 1.16. The number of ether oxygens (including phenoxy) is 1. The van der Waals surface area contributed by atoms with Crippen molar-refractivity contribution in [2.75, 3.05) is 7.11 Å². The minimum absolute atomic E-state index is 0.0156. The van der Waals surface area contributed by atoms with Crippen molar-refractivity contribution in [2.24, 2.45) is 11.3 Å². The number of methoxy groups -OCH3 is 1. The van der Waals surface area contributed by atoms with Crippen molar-refractivity contribution in [3.8, 4) is 0 Å². The van der Waals surface area contributed by atoms with Gasteiger partial charge in [-0.25, -0.2) is 0 Å². The second-order valence-corrected chi connectivity index (χ2v) is 3.56. The van der Waals surface area contributed by atoms with Crippen LogP contribution in [0, 0.1) is 11.3 Å². The van der Waals surface area contributed by atoms with Crippen molar-refractivity contribution < 1.29 is 14.3 Å². The van der Waals surface area contributed by atoms with Crippen molar-refractivity contribution in [2.45, 2.75) is 26.7 Å². The highest BCUT2D eigenvalue weighted by Crippen LogP contribution is 2.40. The fraction of sp³-hybridized carbons (Fsp3) is 0.778. The first-order chi connectivity index (χ1) is 5.53. The highest BCUT2D eigenvalue weighted by Gasteiger charge is 2.50. The number of hydrogen-bond donors (Lipinski definition) is 0. The number of Topliss-reactive ketones (excluding diaryl/α,β-unsaturated/α-hetero) is 1. The summed E-state index contributed by atoms with van der Waals surface area (Å²) in [7, 11) is 1.33. The van der Waals surface area contributed by atoms with Gasteiger partial charge in [0.2, 0.25) is 0 Å². The standard InChI is InChI=1S/C9H14O3/c1-6-4-5-7(10)9(6,2)8(11)12-3/h6H,4-5H2,1-3H3/t6-,9+/m0/s1. The van der Waals surface area contributed by atoms with Gasteiger partial charge in [-0.05, 0) is 19.3 Å². The molecule has 1 rings (SSSR count). The number of carbonyl (C=O) groups is 2. The minimum Gasteiger partial charge on any atom is -0.468 e. The molecule has 12 heavy (non-hydrogen) atoms. The van der Waals surface area contributed by atoms with Crippen LogP contribution in [0.25, 0.3) is 0 Å². The third-order valence-electron chi connectivity index (χ3n) is 2.98. The van der Waals surface area contributed by atoms with Crippen LogP contribution in [0.2, 0.25) is 0 Å². The van der Waals surface area contributed by atoms with Crippen molar-refractivity contribution >= 4 is 11.8 Å². The average Bonchev–Trinajstić information content (AvgIpc) is 2.32. The zero-order valence-corrected chi connectivity index (χ0v) is 7.72. The van der Waals surface area contributed by atoms with Gasteiger partial charge in [0.25, 0.3) is 0 Å². The van der Waals surface area contributed by atoms with Crippen molar-refractivity contribution in [3.05, 3.63) is 0 Å². The molecule has 0 radical (unpaired) electrons. The van der Waals surface area contributed by atoms with Gasteiger partial charge in [0.15, 0.2) is 0 Å². The summed E-state index contributed by atoms with van der Waals surface area (Å²) in [6.45, 7) is 3.60. The molecule has 1 aliphatic rings. The van der Waals surface area contributed by atoms with Crippen LogP contribution < -0.4 is 0 Å². The summed E-state index contributed by atoms with van der Waals surface area (Å²) in [6.07, 6.45) is 1.30. The van der Waals surface area contributed by atoms with Crippen LogP contribution in [0.1, 0.15) is 26.7 Å². The monoisotopic (exact) mass is 170 g/mol. The molecule has 0 aromatic carbocycles. The maximum absolute atomic E-state index is 11.4. The molecular formula is C9H14O3. The first-order valence-corrected chi connectivity index (χ1v) is 4.15. The van der Waals surface area contributed by atoms with Crippen LogP contribution in [0.5, 0.6) is 0 Å². The van der Waals surface area contributed by atoms with Crippen LogP contribution in [-0.2, 0) is 14.3 Å². The van der Waals surface area contributed by atoms with Crippen molar-refractivity contribution in [1.82, 2.24) is 0 Å². The predicted molar refractivity (Wildman–Crippen MR) is 43.5 cm³/mol. The van der Waals surface area contributed by atoms with Crippen LogP contribution in [-0.4, -0.2) is 18.9 Å². The van der Waals surface area contributed by atoms with Gasteiger partial charge in [0, 0.05) is 6.42 Å². The van der Waals surface area contributed by atoms with E-state index in [9.17, 15) is 9.59 Å². The van der Waals surface area contributed by atoms with Crippen LogP contribution in [0.4, 0.5) is 0 Å². The van der Waals surface area contributed by atoms with Gasteiger partial charge in [-0.1, -0.05) is 6.92 Å². The Kier molecular flexibility index (Phi) is 2.22. The van der Waals surface area contributed by atoms with E-state index in [1.54, 1.807) is 6.92 Å². The Morgan fingerprint density at radius 2 is 2.25 bits per heavy atom. The Morgan fingerprint density at radius 3 is 2.58 bits per heavy atom. The fourth-order valence-electron chi connectivity index (χ4n) is 1.70. The molecule has 0 spiro atoms. The average molecular weight is 170 g/mol. The number of carbonyl (C=O) groups excluding carboxylic acids is 2. The Hall–Kier alpha value is -0.860.